The molecule has 0 amide bonds. The highest BCUT2D eigenvalue weighted by Gasteiger charge is 2.37. The molecule has 3 rings (SSSR count). The van der Waals surface area contributed by atoms with E-state index in [1.165, 1.54) is 0 Å². The van der Waals surface area contributed by atoms with Gasteiger partial charge in [-0.2, -0.15) is 0 Å². The van der Waals surface area contributed by atoms with Crippen LogP contribution in [0.5, 0.6) is 0 Å². The van der Waals surface area contributed by atoms with Crippen molar-refractivity contribution < 1.29 is 47.4 Å². The molecule has 0 unspecified atom stereocenters. The lowest BCUT2D eigenvalue weighted by Crippen LogP contribution is -2.34. The van der Waals surface area contributed by atoms with E-state index in [1.54, 1.807) is 6.08 Å². The summed E-state index contributed by atoms with van der Waals surface area (Å²) in [6.45, 7) is 13.2. The average Bonchev–Trinajstić information content (AvgIpc) is 3.17. The van der Waals surface area contributed by atoms with E-state index < -0.39 is 5.60 Å². The second kappa shape index (κ2) is 28.7. The molecular formula is C40H56O10. The van der Waals surface area contributed by atoms with Crippen LogP contribution < -0.4 is 0 Å². The van der Waals surface area contributed by atoms with Crippen molar-refractivity contribution in [1.82, 2.24) is 0 Å². The first-order valence-corrected chi connectivity index (χ1v) is 17.5. The van der Waals surface area contributed by atoms with Gasteiger partial charge in [-0.3, -0.25) is 0 Å². The number of hydrogen-bond donors (Lipinski definition) is 0. The van der Waals surface area contributed by atoms with E-state index in [-0.39, 0.29) is 0 Å². The molecule has 0 aliphatic rings. The van der Waals surface area contributed by atoms with Gasteiger partial charge in [-0.1, -0.05) is 97.1 Å². The zero-order valence-corrected chi connectivity index (χ0v) is 29.5. The van der Waals surface area contributed by atoms with Crippen LogP contribution in [-0.4, -0.2) is 126 Å². The number of benzene rings is 3. The van der Waals surface area contributed by atoms with Gasteiger partial charge in [0, 0.05) is 0 Å². The van der Waals surface area contributed by atoms with E-state index in [4.69, 9.17) is 47.4 Å². The molecule has 0 fully saturated rings. The molecule has 50 heavy (non-hydrogen) atoms. The fourth-order valence-corrected chi connectivity index (χ4v) is 4.95. The third kappa shape index (κ3) is 17.3. The summed E-state index contributed by atoms with van der Waals surface area (Å²) < 4.78 is 56.4. The molecule has 10 nitrogen and oxygen atoms in total. The van der Waals surface area contributed by atoms with E-state index >= 15 is 0 Å². The fraction of sp³-hybridized carbons (Fsp3) is 0.500. The van der Waals surface area contributed by atoms with Gasteiger partial charge in [0.05, 0.1) is 126 Å². The molecule has 0 aliphatic carbocycles. The van der Waals surface area contributed by atoms with Crippen molar-refractivity contribution in [3.05, 3.63) is 120 Å². The highest BCUT2D eigenvalue weighted by atomic mass is 16.6. The van der Waals surface area contributed by atoms with Crippen LogP contribution in [-0.2, 0) is 53.0 Å². The Morgan fingerprint density at radius 1 is 0.340 bits per heavy atom. The van der Waals surface area contributed by atoms with Crippen LogP contribution in [0.4, 0.5) is 0 Å². The predicted molar refractivity (Wildman–Crippen MR) is 193 cm³/mol. The molecule has 3 aromatic carbocycles. The lowest BCUT2D eigenvalue weighted by atomic mass is 9.80. The van der Waals surface area contributed by atoms with E-state index in [1.807, 2.05) is 54.6 Å². The normalized spacial score (nSPS) is 11.6. The van der Waals surface area contributed by atoms with Crippen molar-refractivity contribution in [1.29, 1.82) is 0 Å². The molecule has 0 saturated heterocycles. The molecule has 0 aromatic heterocycles. The zero-order valence-electron chi connectivity index (χ0n) is 29.5. The van der Waals surface area contributed by atoms with Gasteiger partial charge in [0.2, 0.25) is 0 Å². The van der Waals surface area contributed by atoms with Gasteiger partial charge < -0.3 is 47.4 Å². The van der Waals surface area contributed by atoms with Crippen molar-refractivity contribution in [2.75, 3.05) is 126 Å². The number of hydrogen-bond acceptors (Lipinski definition) is 10. The van der Waals surface area contributed by atoms with Gasteiger partial charge in [0.1, 0.15) is 5.60 Å². The van der Waals surface area contributed by atoms with Gasteiger partial charge in [0.15, 0.2) is 0 Å². The lowest BCUT2D eigenvalue weighted by molar-refractivity contribution is -0.0399. The Morgan fingerprint density at radius 2 is 0.580 bits per heavy atom. The summed E-state index contributed by atoms with van der Waals surface area (Å²) in [7, 11) is 0. The standard InChI is InChI=1S/C40H56O10/c1-2-18-41-19-20-42-21-22-43-23-24-44-25-26-45-27-28-46-29-30-47-31-32-48-33-34-49-35-36-50-40(37-12-6-3-7-13-37,38-14-8-4-9-15-38)39-16-10-5-11-17-39/h2-17H,1,18-36H2. The summed E-state index contributed by atoms with van der Waals surface area (Å²) in [5.74, 6) is 0. The first-order chi connectivity index (χ1) is 24.9. The molecule has 0 spiro atoms. The quantitative estimate of drug-likeness (QED) is 0.0473. The van der Waals surface area contributed by atoms with E-state index in [2.05, 4.69) is 43.0 Å². The smallest absolute Gasteiger partial charge is 0.143 e. The van der Waals surface area contributed by atoms with Crippen molar-refractivity contribution in [3.8, 4) is 0 Å². The first kappa shape index (κ1) is 41.4. The SMILES string of the molecule is C=CCOCCOCCOCCOCCOCCOCCOCCOCCOCCOC(c1ccccc1)(c1ccccc1)c1ccccc1. The van der Waals surface area contributed by atoms with E-state index in [9.17, 15) is 0 Å². The Hall–Kier alpha value is -3.00. The van der Waals surface area contributed by atoms with Gasteiger partial charge in [-0.05, 0) is 16.7 Å². The third-order valence-corrected chi connectivity index (χ3v) is 7.30. The Bertz CT molecular complexity index is 1090. The summed E-state index contributed by atoms with van der Waals surface area (Å²) in [6, 6.07) is 31.0. The van der Waals surface area contributed by atoms with Gasteiger partial charge in [0.25, 0.3) is 0 Å². The van der Waals surface area contributed by atoms with Crippen LogP contribution in [0.15, 0.2) is 104 Å². The highest BCUT2D eigenvalue weighted by Crippen LogP contribution is 2.40. The molecule has 0 radical (unpaired) electrons. The molecule has 0 atom stereocenters. The Balaban J connectivity index is 1.11. The summed E-state index contributed by atoms with van der Waals surface area (Å²) in [5, 5.41) is 0. The van der Waals surface area contributed by atoms with Crippen molar-refractivity contribution in [3.63, 3.8) is 0 Å². The maximum absolute atomic E-state index is 6.72. The van der Waals surface area contributed by atoms with Crippen molar-refractivity contribution in [2.24, 2.45) is 0 Å². The van der Waals surface area contributed by atoms with Crippen LogP contribution >= 0.6 is 0 Å². The molecule has 0 aliphatic heterocycles. The van der Waals surface area contributed by atoms with Crippen LogP contribution in [0.2, 0.25) is 0 Å². The minimum atomic E-state index is -0.748. The van der Waals surface area contributed by atoms with Crippen molar-refractivity contribution >= 4 is 0 Å². The Morgan fingerprint density at radius 3 is 0.840 bits per heavy atom. The van der Waals surface area contributed by atoms with Gasteiger partial charge in [-0.15, -0.1) is 6.58 Å². The summed E-state index contributed by atoms with van der Waals surface area (Å²) in [4.78, 5) is 0. The minimum absolute atomic E-state index is 0.418. The second-order valence-corrected chi connectivity index (χ2v) is 10.9. The van der Waals surface area contributed by atoms with E-state index in [0.717, 1.165) is 16.7 Å². The monoisotopic (exact) mass is 696 g/mol. The maximum Gasteiger partial charge on any atom is 0.143 e. The summed E-state index contributed by atoms with van der Waals surface area (Å²) >= 11 is 0. The molecule has 0 N–H and O–H groups in total. The lowest BCUT2D eigenvalue weighted by Gasteiger charge is -2.36. The van der Waals surface area contributed by atoms with Crippen molar-refractivity contribution in [2.45, 2.75) is 5.60 Å². The molecular weight excluding hydrogens is 640 g/mol. The molecule has 0 bridgehead atoms. The number of ether oxygens (including phenoxy) is 10. The molecule has 0 heterocycles. The molecule has 0 saturated carbocycles. The molecule has 10 heteroatoms. The van der Waals surface area contributed by atoms with Crippen LogP contribution in [0.1, 0.15) is 16.7 Å². The average molecular weight is 697 g/mol. The van der Waals surface area contributed by atoms with Gasteiger partial charge in [-0.25, -0.2) is 0 Å². The summed E-state index contributed by atoms with van der Waals surface area (Å²) in [6.07, 6.45) is 1.71. The minimum Gasteiger partial charge on any atom is -0.377 e. The second-order valence-electron chi connectivity index (χ2n) is 10.9. The van der Waals surface area contributed by atoms with Crippen LogP contribution in [0.25, 0.3) is 0 Å². The predicted octanol–water partition coefficient (Wildman–Crippen LogP) is 5.33. The fourth-order valence-electron chi connectivity index (χ4n) is 4.95. The third-order valence-electron chi connectivity index (χ3n) is 7.30. The first-order valence-electron chi connectivity index (χ1n) is 17.5. The Kier molecular flexibility index (Phi) is 23.8. The van der Waals surface area contributed by atoms with Crippen LogP contribution in [0, 0.1) is 0 Å². The summed E-state index contributed by atoms with van der Waals surface area (Å²) in [5.41, 5.74) is 2.46. The van der Waals surface area contributed by atoms with E-state index in [0.29, 0.717) is 126 Å². The highest BCUT2D eigenvalue weighted by molar-refractivity contribution is 5.47. The molecule has 276 valence electrons. The van der Waals surface area contributed by atoms with Gasteiger partial charge >= 0.3 is 0 Å². The largest absolute Gasteiger partial charge is 0.377 e. The number of rotatable bonds is 33. The van der Waals surface area contributed by atoms with Crippen LogP contribution in [0.3, 0.4) is 0 Å². The zero-order chi connectivity index (χ0) is 35.1. The Labute approximate surface area is 298 Å². The maximum atomic E-state index is 6.72. The topological polar surface area (TPSA) is 92.3 Å². The molecule has 3 aromatic rings.